The van der Waals surface area contributed by atoms with Crippen molar-refractivity contribution in [1.29, 1.82) is 0 Å². The standard InChI is InChI=1S/C18H16N4O2/c1-12(13-6-8-19-9-7-13)21-17(23)18(24)22-15-10-14-4-2-3-5-16(14)20-11-15/h2-12H,1H3,(H,21,23)(H,22,24). The number of benzene rings is 1. The number of hydrogen-bond donors (Lipinski definition) is 2. The van der Waals surface area contributed by atoms with E-state index in [9.17, 15) is 9.59 Å². The summed E-state index contributed by atoms with van der Waals surface area (Å²) in [4.78, 5) is 32.3. The Bertz CT molecular complexity index is 880. The lowest BCUT2D eigenvalue weighted by Crippen LogP contribution is -2.36. The van der Waals surface area contributed by atoms with Crippen molar-refractivity contribution in [2.45, 2.75) is 13.0 Å². The molecule has 6 heteroatoms. The Morgan fingerprint density at radius 1 is 1.04 bits per heavy atom. The zero-order valence-corrected chi connectivity index (χ0v) is 13.1. The quantitative estimate of drug-likeness (QED) is 0.726. The maximum Gasteiger partial charge on any atom is 0.313 e. The molecule has 1 aromatic carbocycles. The van der Waals surface area contributed by atoms with Crippen LogP contribution < -0.4 is 10.6 Å². The van der Waals surface area contributed by atoms with Crippen LogP contribution in [0, 0.1) is 0 Å². The van der Waals surface area contributed by atoms with E-state index in [2.05, 4.69) is 20.6 Å². The highest BCUT2D eigenvalue weighted by atomic mass is 16.2. The van der Waals surface area contributed by atoms with E-state index in [1.165, 1.54) is 6.20 Å². The van der Waals surface area contributed by atoms with E-state index in [0.29, 0.717) is 5.69 Å². The number of carbonyl (C=O) groups is 2. The van der Waals surface area contributed by atoms with Crippen molar-refractivity contribution in [3.05, 3.63) is 66.6 Å². The van der Waals surface area contributed by atoms with Crippen molar-refractivity contribution in [3.63, 3.8) is 0 Å². The van der Waals surface area contributed by atoms with E-state index in [1.807, 2.05) is 24.3 Å². The summed E-state index contributed by atoms with van der Waals surface area (Å²) in [5.74, 6) is -1.43. The van der Waals surface area contributed by atoms with Crippen LogP contribution in [-0.4, -0.2) is 21.8 Å². The van der Waals surface area contributed by atoms with Crippen LogP contribution in [0.4, 0.5) is 5.69 Å². The molecule has 0 spiro atoms. The third-order valence-corrected chi connectivity index (χ3v) is 3.61. The average molecular weight is 320 g/mol. The van der Waals surface area contributed by atoms with E-state index < -0.39 is 11.8 Å². The molecular weight excluding hydrogens is 304 g/mol. The van der Waals surface area contributed by atoms with Crippen molar-refractivity contribution in [1.82, 2.24) is 15.3 Å². The van der Waals surface area contributed by atoms with Gasteiger partial charge in [0.15, 0.2) is 0 Å². The molecule has 0 aliphatic rings. The first-order valence-corrected chi connectivity index (χ1v) is 7.50. The molecule has 0 saturated heterocycles. The third kappa shape index (κ3) is 3.55. The molecule has 2 heterocycles. The molecule has 1 unspecified atom stereocenters. The fraction of sp³-hybridized carbons (Fsp3) is 0.111. The maximum atomic E-state index is 12.1. The molecule has 1 atom stereocenters. The van der Waals surface area contributed by atoms with Gasteiger partial charge in [-0.1, -0.05) is 18.2 Å². The second-order valence-corrected chi connectivity index (χ2v) is 5.35. The number of rotatable bonds is 3. The van der Waals surface area contributed by atoms with Gasteiger partial charge in [-0.15, -0.1) is 0 Å². The second kappa shape index (κ2) is 6.87. The smallest absolute Gasteiger partial charge is 0.313 e. The molecule has 0 bridgehead atoms. The summed E-state index contributed by atoms with van der Waals surface area (Å²) in [6.45, 7) is 1.80. The Kier molecular flexibility index (Phi) is 4.47. The normalized spacial score (nSPS) is 11.7. The number of para-hydroxylation sites is 1. The summed E-state index contributed by atoms with van der Waals surface area (Å²) in [5, 5.41) is 6.11. The average Bonchev–Trinajstić information content (AvgIpc) is 2.62. The lowest BCUT2D eigenvalue weighted by atomic mass is 10.1. The first-order chi connectivity index (χ1) is 11.6. The molecule has 0 radical (unpaired) electrons. The number of nitrogens with one attached hydrogen (secondary N) is 2. The molecule has 2 N–H and O–H groups in total. The van der Waals surface area contributed by atoms with Gasteiger partial charge >= 0.3 is 11.8 Å². The minimum Gasteiger partial charge on any atom is -0.341 e. The van der Waals surface area contributed by atoms with Crippen LogP contribution in [0.1, 0.15) is 18.5 Å². The van der Waals surface area contributed by atoms with Gasteiger partial charge in [0.25, 0.3) is 0 Å². The second-order valence-electron chi connectivity index (χ2n) is 5.35. The van der Waals surface area contributed by atoms with Crippen LogP contribution in [0.3, 0.4) is 0 Å². The Morgan fingerprint density at radius 2 is 1.79 bits per heavy atom. The van der Waals surface area contributed by atoms with Gasteiger partial charge < -0.3 is 10.6 Å². The van der Waals surface area contributed by atoms with Crippen LogP contribution in [0.15, 0.2) is 61.1 Å². The van der Waals surface area contributed by atoms with E-state index >= 15 is 0 Å². The maximum absolute atomic E-state index is 12.1. The van der Waals surface area contributed by atoms with Crippen molar-refractivity contribution in [3.8, 4) is 0 Å². The highest BCUT2D eigenvalue weighted by Crippen LogP contribution is 2.16. The summed E-state index contributed by atoms with van der Waals surface area (Å²) < 4.78 is 0. The molecule has 2 aromatic heterocycles. The topological polar surface area (TPSA) is 84.0 Å². The van der Waals surface area contributed by atoms with Crippen molar-refractivity contribution in [2.75, 3.05) is 5.32 Å². The van der Waals surface area contributed by atoms with Crippen LogP contribution in [0.5, 0.6) is 0 Å². The van der Waals surface area contributed by atoms with E-state index in [-0.39, 0.29) is 6.04 Å². The van der Waals surface area contributed by atoms with Crippen molar-refractivity contribution < 1.29 is 9.59 Å². The number of amides is 2. The number of carbonyl (C=O) groups excluding carboxylic acids is 2. The highest BCUT2D eigenvalue weighted by Gasteiger charge is 2.17. The minimum absolute atomic E-state index is 0.291. The first-order valence-electron chi connectivity index (χ1n) is 7.50. The van der Waals surface area contributed by atoms with Gasteiger partial charge in [-0.25, -0.2) is 0 Å². The van der Waals surface area contributed by atoms with Crippen molar-refractivity contribution >= 4 is 28.4 Å². The van der Waals surface area contributed by atoms with Gasteiger partial charge in [-0.2, -0.15) is 0 Å². The van der Waals surface area contributed by atoms with Crippen molar-refractivity contribution in [2.24, 2.45) is 0 Å². The number of nitrogens with zero attached hydrogens (tertiary/aromatic N) is 2. The number of pyridine rings is 2. The van der Waals surface area contributed by atoms with Gasteiger partial charge in [-0.05, 0) is 36.8 Å². The van der Waals surface area contributed by atoms with Gasteiger partial charge in [0, 0.05) is 17.8 Å². The zero-order valence-electron chi connectivity index (χ0n) is 13.1. The summed E-state index contributed by atoms with van der Waals surface area (Å²) in [7, 11) is 0. The number of fused-ring (bicyclic) bond motifs is 1. The largest absolute Gasteiger partial charge is 0.341 e. The molecule has 6 nitrogen and oxygen atoms in total. The zero-order chi connectivity index (χ0) is 16.9. The molecule has 0 saturated carbocycles. The number of aromatic nitrogens is 2. The van der Waals surface area contributed by atoms with Gasteiger partial charge in [0.05, 0.1) is 23.4 Å². The fourth-order valence-electron chi connectivity index (χ4n) is 2.32. The van der Waals surface area contributed by atoms with Gasteiger partial charge in [-0.3, -0.25) is 19.6 Å². The molecule has 120 valence electrons. The van der Waals surface area contributed by atoms with E-state index in [4.69, 9.17) is 0 Å². The number of hydrogen-bond acceptors (Lipinski definition) is 4. The van der Waals surface area contributed by atoms with Crippen LogP contribution in [0.25, 0.3) is 10.9 Å². The molecule has 0 aliphatic carbocycles. The van der Waals surface area contributed by atoms with E-state index in [1.54, 1.807) is 37.5 Å². The van der Waals surface area contributed by atoms with E-state index in [0.717, 1.165) is 16.5 Å². The lowest BCUT2D eigenvalue weighted by molar-refractivity contribution is -0.136. The van der Waals surface area contributed by atoms with Gasteiger partial charge in [0.2, 0.25) is 0 Å². The van der Waals surface area contributed by atoms with Crippen LogP contribution >= 0.6 is 0 Å². The predicted octanol–water partition coefficient (Wildman–Crippen LogP) is 2.45. The third-order valence-electron chi connectivity index (χ3n) is 3.61. The SMILES string of the molecule is CC(NC(=O)C(=O)Nc1cnc2ccccc2c1)c1ccncc1. The molecule has 0 aliphatic heterocycles. The fourth-order valence-corrected chi connectivity index (χ4v) is 2.32. The van der Waals surface area contributed by atoms with Crippen LogP contribution in [0.2, 0.25) is 0 Å². The molecule has 24 heavy (non-hydrogen) atoms. The Balaban J connectivity index is 1.66. The van der Waals surface area contributed by atoms with Crippen LogP contribution in [-0.2, 0) is 9.59 Å². The predicted molar refractivity (Wildman–Crippen MR) is 91.2 cm³/mol. The molecule has 3 aromatic rings. The number of anilines is 1. The highest BCUT2D eigenvalue weighted by molar-refractivity contribution is 6.39. The molecule has 3 rings (SSSR count). The minimum atomic E-state index is -0.729. The Labute approximate surface area is 138 Å². The Morgan fingerprint density at radius 3 is 2.58 bits per heavy atom. The molecular formula is C18H16N4O2. The summed E-state index contributed by atoms with van der Waals surface area (Å²) >= 11 is 0. The summed E-state index contributed by atoms with van der Waals surface area (Å²) in [5.41, 5.74) is 2.18. The van der Waals surface area contributed by atoms with Gasteiger partial charge in [0.1, 0.15) is 0 Å². The molecule has 2 amide bonds. The monoisotopic (exact) mass is 320 g/mol. The first kappa shape index (κ1) is 15.6. The summed E-state index contributed by atoms with van der Waals surface area (Å²) in [6, 6.07) is 12.6. The Hall–Kier alpha value is -3.28. The summed E-state index contributed by atoms with van der Waals surface area (Å²) in [6.07, 6.45) is 4.80. The molecule has 0 fully saturated rings. The lowest BCUT2D eigenvalue weighted by Gasteiger charge is -2.13.